The van der Waals surface area contributed by atoms with Gasteiger partial charge in [0.15, 0.2) is 0 Å². The molecule has 0 spiro atoms. The van der Waals surface area contributed by atoms with Gasteiger partial charge in [-0.2, -0.15) is 0 Å². The summed E-state index contributed by atoms with van der Waals surface area (Å²) < 4.78 is 5.64. The van der Waals surface area contributed by atoms with Crippen LogP contribution in [0.5, 0.6) is 5.75 Å². The van der Waals surface area contributed by atoms with Gasteiger partial charge in [0.1, 0.15) is 5.75 Å². The van der Waals surface area contributed by atoms with Crippen LogP contribution in [0.3, 0.4) is 0 Å². The van der Waals surface area contributed by atoms with E-state index in [0.717, 1.165) is 48.9 Å². The Bertz CT molecular complexity index is 501. The molecule has 0 radical (unpaired) electrons. The molecule has 2 aromatic carbocycles. The number of benzene rings is 2. The molecule has 1 N–H and O–H groups in total. The van der Waals surface area contributed by atoms with Crippen molar-refractivity contribution in [2.24, 2.45) is 0 Å². The normalized spacial score (nSPS) is 10.4. The molecule has 3 heteroatoms. The lowest BCUT2D eigenvalue weighted by atomic mass is 10.2. The number of rotatable bonds is 8. The lowest BCUT2D eigenvalue weighted by molar-refractivity contribution is 0.306. The summed E-state index contributed by atoms with van der Waals surface area (Å²) in [6, 6.07) is 17.9. The van der Waals surface area contributed by atoms with E-state index in [9.17, 15) is 0 Å². The first-order valence-corrected chi connectivity index (χ1v) is 7.36. The van der Waals surface area contributed by atoms with Gasteiger partial charge in [-0.1, -0.05) is 48.0 Å². The third kappa shape index (κ3) is 5.24. The summed E-state index contributed by atoms with van der Waals surface area (Å²) in [5.74, 6) is 0.941. The van der Waals surface area contributed by atoms with Crippen molar-refractivity contribution in [3.63, 3.8) is 0 Å². The second kappa shape index (κ2) is 8.62. The van der Waals surface area contributed by atoms with Gasteiger partial charge in [-0.3, -0.25) is 0 Å². The number of hydrogen-bond acceptors (Lipinski definition) is 2. The van der Waals surface area contributed by atoms with Gasteiger partial charge in [0.25, 0.3) is 0 Å². The smallest absolute Gasteiger partial charge is 0.119 e. The third-order valence-electron chi connectivity index (χ3n) is 3.03. The zero-order valence-electron chi connectivity index (χ0n) is 11.5. The van der Waals surface area contributed by atoms with Gasteiger partial charge in [-0.15, -0.1) is 0 Å². The number of nitrogens with one attached hydrogen (secondary N) is 1. The van der Waals surface area contributed by atoms with Crippen LogP contribution < -0.4 is 10.1 Å². The lowest BCUT2D eigenvalue weighted by Gasteiger charge is -2.08. The van der Waals surface area contributed by atoms with Gasteiger partial charge >= 0.3 is 0 Å². The maximum absolute atomic E-state index is 6.09. The summed E-state index contributed by atoms with van der Waals surface area (Å²) in [6.45, 7) is 2.56. The molecule has 2 aromatic rings. The molecule has 2 rings (SSSR count). The van der Waals surface area contributed by atoms with Crippen LogP contribution in [-0.4, -0.2) is 13.2 Å². The molecule has 2 nitrogen and oxygen atoms in total. The van der Waals surface area contributed by atoms with Crippen LogP contribution in [0.1, 0.15) is 18.4 Å². The molecule has 106 valence electrons. The minimum Gasteiger partial charge on any atom is -0.494 e. The largest absolute Gasteiger partial charge is 0.494 e. The van der Waals surface area contributed by atoms with Crippen molar-refractivity contribution in [3.8, 4) is 5.75 Å². The van der Waals surface area contributed by atoms with Crippen molar-refractivity contribution in [3.05, 3.63) is 65.2 Å². The van der Waals surface area contributed by atoms with Gasteiger partial charge in [0.05, 0.1) is 6.61 Å². The Kier molecular flexibility index (Phi) is 6.42. The Morgan fingerprint density at radius 3 is 2.45 bits per heavy atom. The molecule has 0 aromatic heterocycles. The van der Waals surface area contributed by atoms with Crippen molar-refractivity contribution < 1.29 is 4.74 Å². The third-order valence-corrected chi connectivity index (χ3v) is 3.40. The maximum atomic E-state index is 6.09. The predicted octanol–water partition coefficient (Wildman–Crippen LogP) is 4.29. The fraction of sp³-hybridized carbons (Fsp3) is 0.294. The van der Waals surface area contributed by atoms with Crippen molar-refractivity contribution in [1.29, 1.82) is 0 Å². The number of para-hydroxylation sites is 1. The second-order valence-corrected chi connectivity index (χ2v) is 5.04. The molecule has 0 saturated carbocycles. The van der Waals surface area contributed by atoms with Crippen LogP contribution in [0.4, 0.5) is 0 Å². The van der Waals surface area contributed by atoms with E-state index >= 15 is 0 Å². The van der Waals surface area contributed by atoms with Gasteiger partial charge < -0.3 is 10.1 Å². The summed E-state index contributed by atoms with van der Waals surface area (Å²) in [5, 5.41) is 4.23. The Hall–Kier alpha value is -1.51. The molecule has 0 aliphatic carbocycles. The number of ether oxygens (including phenoxy) is 1. The second-order valence-electron chi connectivity index (χ2n) is 4.64. The Morgan fingerprint density at radius 1 is 0.900 bits per heavy atom. The molecule has 0 bridgehead atoms. The molecular formula is C17H20ClNO. The van der Waals surface area contributed by atoms with E-state index in [1.165, 1.54) is 0 Å². The highest BCUT2D eigenvalue weighted by Gasteiger charge is 1.98. The zero-order valence-corrected chi connectivity index (χ0v) is 12.3. The van der Waals surface area contributed by atoms with Gasteiger partial charge in [0, 0.05) is 11.6 Å². The van der Waals surface area contributed by atoms with E-state index in [1.807, 2.05) is 54.6 Å². The average molecular weight is 290 g/mol. The highest BCUT2D eigenvalue weighted by atomic mass is 35.5. The highest BCUT2D eigenvalue weighted by molar-refractivity contribution is 6.31. The molecule has 0 aliphatic heterocycles. The zero-order chi connectivity index (χ0) is 14.0. The van der Waals surface area contributed by atoms with Crippen LogP contribution in [0.25, 0.3) is 0 Å². The number of unbranched alkanes of at least 4 members (excludes halogenated alkanes) is 1. The first-order valence-electron chi connectivity index (χ1n) is 6.98. The SMILES string of the molecule is Clc1ccccc1CNCCCCOc1ccccc1. The van der Waals surface area contributed by atoms with Crippen molar-refractivity contribution in [1.82, 2.24) is 5.32 Å². The van der Waals surface area contributed by atoms with E-state index < -0.39 is 0 Å². The first kappa shape index (κ1) is 14.9. The van der Waals surface area contributed by atoms with Gasteiger partial charge in [0.2, 0.25) is 0 Å². The summed E-state index contributed by atoms with van der Waals surface area (Å²) in [7, 11) is 0. The van der Waals surface area contributed by atoms with E-state index in [0.29, 0.717) is 0 Å². The van der Waals surface area contributed by atoms with Gasteiger partial charge in [-0.25, -0.2) is 0 Å². The monoisotopic (exact) mass is 289 g/mol. The van der Waals surface area contributed by atoms with Crippen LogP contribution >= 0.6 is 11.6 Å². The number of halogens is 1. The molecule has 0 atom stereocenters. The highest BCUT2D eigenvalue weighted by Crippen LogP contribution is 2.14. The summed E-state index contributed by atoms with van der Waals surface area (Å²) in [6.07, 6.45) is 2.14. The predicted molar refractivity (Wildman–Crippen MR) is 84.3 cm³/mol. The van der Waals surface area contributed by atoms with Crippen molar-refractivity contribution >= 4 is 11.6 Å². The van der Waals surface area contributed by atoms with Crippen LogP contribution in [0.2, 0.25) is 5.02 Å². The number of hydrogen-bond donors (Lipinski definition) is 1. The summed E-state index contributed by atoms with van der Waals surface area (Å²) in [4.78, 5) is 0. The Labute approximate surface area is 125 Å². The fourth-order valence-electron chi connectivity index (χ4n) is 1.92. The van der Waals surface area contributed by atoms with E-state index in [4.69, 9.17) is 16.3 Å². The standard InChI is InChI=1S/C17H20ClNO/c18-17-11-5-4-8-15(17)14-19-12-6-7-13-20-16-9-2-1-3-10-16/h1-5,8-11,19H,6-7,12-14H2. The topological polar surface area (TPSA) is 21.3 Å². The molecule has 0 heterocycles. The van der Waals surface area contributed by atoms with E-state index in [1.54, 1.807) is 0 Å². The van der Waals surface area contributed by atoms with Crippen LogP contribution in [0, 0.1) is 0 Å². The minimum absolute atomic E-state index is 0.762. The molecule has 0 unspecified atom stereocenters. The Balaban J connectivity index is 1.53. The summed E-state index contributed by atoms with van der Waals surface area (Å²) >= 11 is 6.09. The van der Waals surface area contributed by atoms with E-state index in [2.05, 4.69) is 5.32 Å². The Morgan fingerprint density at radius 2 is 1.65 bits per heavy atom. The molecule has 0 amide bonds. The minimum atomic E-state index is 0.762. The summed E-state index contributed by atoms with van der Waals surface area (Å²) in [5.41, 5.74) is 1.15. The fourth-order valence-corrected chi connectivity index (χ4v) is 2.13. The van der Waals surface area contributed by atoms with Crippen molar-refractivity contribution in [2.75, 3.05) is 13.2 Å². The maximum Gasteiger partial charge on any atom is 0.119 e. The molecule has 20 heavy (non-hydrogen) atoms. The lowest BCUT2D eigenvalue weighted by Crippen LogP contribution is -2.15. The quantitative estimate of drug-likeness (QED) is 0.732. The first-order chi connectivity index (χ1) is 9.86. The molecular weight excluding hydrogens is 270 g/mol. The van der Waals surface area contributed by atoms with Crippen LogP contribution in [0.15, 0.2) is 54.6 Å². The molecule has 0 aliphatic rings. The average Bonchev–Trinajstić information content (AvgIpc) is 2.49. The van der Waals surface area contributed by atoms with Crippen molar-refractivity contribution in [2.45, 2.75) is 19.4 Å². The van der Waals surface area contributed by atoms with Gasteiger partial charge in [-0.05, 0) is 43.1 Å². The molecule has 0 fully saturated rings. The molecule has 0 saturated heterocycles. The van der Waals surface area contributed by atoms with E-state index in [-0.39, 0.29) is 0 Å². The van der Waals surface area contributed by atoms with Crippen LogP contribution in [-0.2, 0) is 6.54 Å².